The van der Waals surface area contributed by atoms with E-state index in [0.717, 1.165) is 16.8 Å². The molecule has 2 N–H and O–H groups in total. The first kappa shape index (κ1) is 22.7. The standard InChI is InChI=1S/C21H25FN4O4S/c22-19-6-2-17(3-7-19)18-4-8-20(9-5-18)25-11-13-26(14-12-25)31(29,30)15-1-10-23-21(28)24-16-27/h2-9,16H,1,10-15H2,(H2,23,24,27,28). The molecule has 166 valence electrons. The van der Waals surface area contributed by atoms with Crippen molar-refractivity contribution in [3.63, 3.8) is 0 Å². The third-order valence-corrected chi connectivity index (χ3v) is 7.05. The highest BCUT2D eigenvalue weighted by molar-refractivity contribution is 7.89. The number of benzene rings is 2. The van der Waals surface area contributed by atoms with Gasteiger partial charge in [-0.3, -0.25) is 10.1 Å². The summed E-state index contributed by atoms with van der Waals surface area (Å²) in [4.78, 5) is 23.4. The summed E-state index contributed by atoms with van der Waals surface area (Å²) in [6.45, 7) is 2.10. The van der Waals surface area contributed by atoms with Gasteiger partial charge in [0.05, 0.1) is 5.75 Å². The molecule has 0 bridgehead atoms. The molecule has 0 saturated carbocycles. The minimum absolute atomic E-state index is 0.0687. The summed E-state index contributed by atoms with van der Waals surface area (Å²) in [6, 6.07) is 13.6. The highest BCUT2D eigenvalue weighted by atomic mass is 32.2. The number of amides is 3. The van der Waals surface area contributed by atoms with Gasteiger partial charge in [-0.15, -0.1) is 0 Å². The van der Waals surface area contributed by atoms with Gasteiger partial charge in [-0.2, -0.15) is 4.31 Å². The Bertz CT molecular complexity index is 989. The first-order valence-electron chi connectivity index (χ1n) is 9.96. The number of imide groups is 1. The lowest BCUT2D eigenvalue weighted by atomic mass is 10.1. The molecule has 1 aliphatic heterocycles. The number of anilines is 1. The lowest BCUT2D eigenvalue weighted by molar-refractivity contribution is -0.108. The molecular formula is C21H25FN4O4S. The van der Waals surface area contributed by atoms with Gasteiger partial charge in [0, 0.05) is 38.4 Å². The van der Waals surface area contributed by atoms with Gasteiger partial charge in [-0.25, -0.2) is 17.6 Å². The average molecular weight is 449 g/mol. The lowest BCUT2D eigenvalue weighted by Gasteiger charge is -2.35. The molecule has 31 heavy (non-hydrogen) atoms. The van der Waals surface area contributed by atoms with Gasteiger partial charge in [-0.1, -0.05) is 24.3 Å². The van der Waals surface area contributed by atoms with Gasteiger partial charge in [0.15, 0.2) is 0 Å². The van der Waals surface area contributed by atoms with Gasteiger partial charge >= 0.3 is 6.03 Å². The minimum atomic E-state index is -3.41. The third kappa shape index (κ3) is 6.25. The summed E-state index contributed by atoms with van der Waals surface area (Å²) in [5, 5.41) is 4.35. The van der Waals surface area contributed by atoms with Crippen LogP contribution in [-0.4, -0.2) is 63.6 Å². The van der Waals surface area contributed by atoms with Crippen LogP contribution in [0.2, 0.25) is 0 Å². The smallest absolute Gasteiger partial charge is 0.321 e. The Hall–Kier alpha value is -2.98. The van der Waals surface area contributed by atoms with E-state index in [-0.39, 0.29) is 30.9 Å². The van der Waals surface area contributed by atoms with E-state index < -0.39 is 16.1 Å². The van der Waals surface area contributed by atoms with E-state index in [9.17, 15) is 22.4 Å². The van der Waals surface area contributed by atoms with Crippen molar-refractivity contribution in [3.05, 3.63) is 54.3 Å². The van der Waals surface area contributed by atoms with E-state index in [1.807, 2.05) is 29.6 Å². The molecule has 2 aromatic carbocycles. The van der Waals surface area contributed by atoms with Crippen molar-refractivity contribution < 1.29 is 22.4 Å². The number of piperazine rings is 1. The van der Waals surface area contributed by atoms with Crippen LogP contribution in [-0.2, 0) is 14.8 Å². The van der Waals surface area contributed by atoms with Crippen molar-refractivity contribution in [1.29, 1.82) is 0 Å². The summed E-state index contributed by atoms with van der Waals surface area (Å²) in [6.07, 6.45) is 0.529. The highest BCUT2D eigenvalue weighted by Gasteiger charge is 2.26. The number of carbonyl (C=O) groups excluding carboxylic acids is 2. The van der Waals surface area contributed by atoms with Crippen LogP contribution in [0.25, 0.3) is 11.1 Å². The van der Waals surface area contributed by atoms with Crippen molar-refractivity contribution in [2.75, 3.05) is 43.4 Å². The van der Waals surface area contributed by atoms with E-state index in [1.54, 1.807) is 12.1 Å². The van der Waals surface area contributed by atoms with Gasteiger partial charge in [0.1, 0.15) is 5.82 Å². The molecule has 0 aliphatic carbocycles. The van der Waals surface area contributed by atoms with E-state index >= 15 is 0 Å². The molecule has 3 rings (SSSR count). The second-order valence-electron chi connectivity index (χ2n) is 7.13. The van der Waals surface area contributed by atoms with Crippen molar-refractivity contribution in [2.24, 2.45) is 0 Å². The molecule has 1 heterocycles. The Labute approximate surface area is 181 Å². The number of halogens is 1. The summed E-state index contributed by atoms with van der Waals surface area (Å²) in [7, 11) is -3.41. The van der Waals surface area contributed by atoms with Crippen LogP contribution in [0.3, 0.4) is 0 Å². The van der Waals surface area contributed by atoms with Gasteiger partial charge in [0.2, 0.25) is 16.4 Å². The largest absolute Gasteiger partial charge is 0.369 e. The quantitative estimate of drug-likeness (QED) is 0.474. The normalized spacial score (nSPS) is 14.8. The van der Waals surface area contributed by atoms with Crippen molar-refractivity contribution in [1.82, 2.24) is 14.9 Å². The number of urea groups is 1. The maximum atomic E-state index is 13.1. The Kier molecular flexibility index (Phi) is 7.59. The molecule has 0 atom stereocenters. The van der Waals surface area contributed by atoms with Crippen molar-refractivity contribution in [2.45, 2.75) is 6.42 Å². The Morgan fingerprint density at radius 2 is 1.55 bits per heavy atom. The summed E-state index contributed by atoms with van der Waals surface area (Å²) < 4.78 is 39.6. The Balaban J connectivity index is 1.49. The molecular weight excluding hydrogens is 423 g/mol. The van der Waals surface area contributed by atoms with E-state index in [2.05, 4.69) is 10.2 Å². The number of hydrogen-bond donors (Lipinski definition) is 2. The van der Waals surface area contributed by atoms with E-state index in [1.165, 1.54) is 16.4 Å². The SMILES string of the molecule is O=CNC(=O)NCCCS(=O)(=O)N1CCN(c2ccc(-c3ccc(F)cc3)cc2)CC1. The summed E-state index contributed by atoms with van der Waals surface area (Å²) in [5.41, 5.74) is 2.93. The first-order chi connectivity index (χ1) is 14.9. The second-order valence-corrected chi connectivity index (χ2v) is 9.22. The number of nitrogens with zero attached hydrogens (tertiary/aromatic N) is 2. The average Bonchev–Trinajstić information content (AvgIpc) is 2.78. The fourth-order valence-electron chi connectivity index (χ4n) is 3.42. The molecule has 1 aliphatic rings. The number of rotatable bonds is 8. The van der Waals surface area contributed by atoms with Crippen LogP contribution in [0.5, 0.6) is 0 Å². The second kappa shape index (κ2) is 10.4. The van der Waals surface area contributed by atoms with Crippen molar-refractivity contribution >= 4 is 28.2 Å². The third-order valence-electron chi connectivity index (χ3n) is 5.10. The maximum Gasteiger partial charge on any atom is 0.321 e. The molecule has 0 aromatic heterocycles. The Morgan fingerprint density at radius 3 is 2.13 bits per heavy atom. The molecule has 2 aromatic rings. The molecule has 3 amide bonds. The summed E-state index contributed by atoms with van der Waals surface area (Å²) in [5.74, 6) is -0.339. The minimum Gasteiger partial charge on any atom is -0.369 e. The molecule has 10 heteroatoms. The van der Waals surface area contributed by atoms with Gasteiger partial charge in [0.25, 0.3) is 0 Å². The Morgan fingerprint density at radius 1 is 0.968 bits per heavy atom. The predicted molar refractivity (Wildman–Crippen MR) is 117 cm³/mol. The topological polar surface area (TPSA) is 98.8 Å². The fourth-order valence-corrected chi connectivity index (χ4v) is 4.91. The predicted octanol–water partition coefficient (Wildman–Crippen LogP) is 1.79. The monoisotopic (exact) mass is 448 g/mol. The van der Waals surface area contributed by atoms with E-state index in [0.29, 0.717) is 26.2 Å². The van der Waals surface area contributed by atoms with Crippen LogP contribution >= 0.6 is 0 Å². The van der Waals surface area contributed by atoms with Crippen LogP contribution in [0.4, 0.5) is 14.9 Å². The van der Waals surface area contributed by atoms with Crippen LogP contribution in [0.15, 0.2) is 48.5 Å². The highest BCUT2D eigenvalue weighted by Crippen LogP contribution is 2.24. The molecule has 1 saturated heterocycles. The van der Waals surface area contributed by atoms with Gasteiger partial charge < -0.3 is 10.2 Å². The van der Waals surface area contributed by atoms with Crippen LogP contribution in [0, 0.1) is 5.82 Å². The number of sulfonamides is 1. The zero-order valence-electron chi connectivity index (χ0n) is 17.0. The van der Waals surface area contributed by atoms with Crippen LogP contribution in [0.1, 0.15) is 6.42 Å². The fraction of sp³-hybridized carbons (Fsp3) is 0.333. The molecule has 1 fully saturated rings. The number of carbonyl (C=O) groups is 2. The lowest BCUT2D eigenvalue weighted by Crippen LogP contribution is -2.49. The molecule has 0 spiro atoms. The van der Waals surface area contributed by atoms with Crippen LogP contribution < -0.4 is 15.5 Å². The zero-order chi connectivity index (χ0) is 22.3. The number of hydrogen-bond acceptors (Lipinski definition) is 5. The maximum absolute atomic E-state index is 13.1. The molecule has 8 nitrogen and oxygen atoms in total. The van der Waals surface area contributed by atoms with E-state index in [4.69, 9.17) is 0 Å². The summed E-state index contributed by atoms with van der Waals surface area (Å²) >= 11 is 0. The molecule has 0 unspecified atom stereocenters. The first-order valence-corrected chi connectivity index (χ1v) is 11.6. The number of nitrogens with one attached hydrogen (secondary N) is 2. The van der Waals surface area contributed by atoms with Gasteiger partial charge in [-0.05, 0) is 41.8 Å². The van der Waals surface area contributed by atoms with Crippen molar-refractivity contribution in [3.8, 4) is 11.1 Å². The molecule has 0 radical (unpaired) electrons. The zero-order valence-corrected chi connectivity index (χ0v) is 17.8.